The molecule has 1 N–H and O–H groups in total. The summed E-state index contributed by atoms with van der Waals surface area (Å²) in [5.41, 5.74) is 0.264. The lowest BCUT2D eigenvalue weighted by molar-refractivity contribution is -0.385. The van der Waals surface area contributed by atoms with Crippen LogP contribution in [0.4, 0.5) is 17.5 Å². The van der Waals surface area contributed by atoms with Gasteiger partial charge in [0.25, 0.3) is 0 Å². The third-order valence-electron chi connectivity index (χ3n) is 2.58. The molecule has 0 aromatic carbocycles. The molecule has 8 nitrogen and oxygen atoms in total. The van der Waals surface area contributed by atoms with Crippen LogP contribution < -0.4 is 10.2 Å². The molecule has 0 aliphatic rings. The Morgan fingerprint density at radius 3 is 2.68 bits per heavy atom. The lowest BCUT2D eigenvalue weighted by Gasteiger charge is -2.18. The number of anilines is 2. The van der Waals surface area contributed by atoms with E-state index in [0.717, 1.165) is 0 Å². The van der Waals surface area contributed by atoms with E-state index in [1.54, 1.807) is 25.9 Å². The van der Waals surface area contributed by atoms with Crippen molar-refractivity contribution in [2.75, 3.05) is 44.1 Å². The van der Waals surface area contributed by atoms with Crippen LogP contribution in [-0.2, 0) is 4.74 Å². The molecular formula is C11H19N5O3. The summed E-state index contributed by atoms with van der Waals surface area (Å²) in [4.78, 5) is 20.6. The van der Waals surface area contributed by atoms with Crippen LogP contribution in [0.2, 0.25) is 0 Å². The third kappa shape index (κ3) is 3.75. The summed E-state index contributed by atoms with van der Waals surface area (Å²) in [6.45, 7) is 5.12. The Kier molecular flexibility index (Phi) is 5.43. The van der Waals surface area contributed by atoms with E-state index >= 15 is 0 Å². The summed E-state index contributed by atoms with van der Waals surface area (Å²) < 4.78 is 5.24. The second-order valence-electron chi connectivity index (χ2n) is 3.93. The Morgan fingerprint density at radius 2 is 2.16 bits per heavy atom. The van der Waals surface area contributed by atoms with Crippen LogP contribution in [0.25, 0.3) is 0 Å². The molecule has 1 rings (SSSR count). The topological polar surface area (TPSA) is 93.4 Å². The summed E-state index contributed by atoms with van der Waals surface area (Å²) in [6.07, 6.45) is 0. The molecular weight excluding hydrogens is 250 g/mol. The molecule has 0 aliphatic heterocycles. The van der Waals surface area contributed by atoms with Crippen LogP contribution >= 0.6 is 0 Å². The Morgan fingerprint density at radius 1 is 1.47 bits per heavy atom. The second-order valence-corrected chi connectivity index (χ2v) is 3.93. The summed E-state index contributed by atoms with van der Waals surface area (Å²) in [6, 6.07) is 0. The van der Waals surface area contributed by atoms with Gasteiger partial charge in [-0.15, -0.1) is 0 Å². The average Bonchev–Trinajstić information content (AvgIpc) is 2.37. The van der Waals surface area contributed by atoms with Gasteiger partial charge in [-0.3, -0.25) is 10.1 Å². The summed E-state index contributed by atoms with van der Waals surface area (Å²) in [5.74, 6) is 0.655. The SMILES string of the molecule is CCOCCN(C)c1nc(NC)nc(C)c1[N+](=O)[O-]. The highest BCUT2D eigenvalue weighted by Crippen LogP contribution is 2.28. The zero-order valence-corrected chi connectivity index (χ0v) is 11.6. The first-order valence-electron chi connectivity index (χ1n) is 6.00. The normalized spacial score (nSPS) is 10.3. The Balaban J connectivity index is 3.07. The molecule has 0 aliphatic carbocycles. The summed E-state index contributed by atoms with van der Waals surface area (Å²) >= 11 is 0. The van der Waals surface area contributed by atoms with Gasteiger partial charge in [0.1, 0.15) is 5.69 Å². The molecule has 0 bridgehead atoms. The van der Waals surface area contributed by atoms with Crippen molar-refractivity contribution in [3.63, 3.8) is 0 Å². The minimum Gasteiger partial charge on any atom is -0.380 e. The van der Waals surface area contributed by atoms with Crippen molar-refractivity contribution in [2.24, 2.45) is 0 Å². The first kappa shape index (κ1) is 15.1. The highest BCUT2D eigenvalue weighted by atomic mass is 16.6. The molecule has 0 saturated heterocycles. The van der Waals surface area contributed by atoms with Crippen molar-refractivity contribution in [1.29, 1.82) is 0 Å². The van der Waals surface area contributed by atoms with Gasteiger partial charge in [0.05, 0.1) is 11.5 Å². The van der Waals surface area contributed by atoms with E-state index in [1.807, 2.05) is 6.92 Å². The van der Waals surface area contributed by atoms with Crippen molar-refractivity contribution in [2.45, 2.75) is 13.8 Å². The maximum atomic E-state index is 11.1. The van der Waals surface area contributed by atoms with Crippen molar-refractivity contribution >= 4 is 17.5 Å². The van der Waals surface area contributed by atoms with Crippen LogP contribution in [-0.4, -0.2) is 48.7 Å². The number of hydrogen-bond donors (Lipinski definition) is 1. The summed E-state index contributed by atoms with van der Waals surface area (Å²) in [5, 5.41) is 13.9. The number of hydrogen-bond acceptors (Lipinski definition) is 7. The summed E-state index contributed by atoms with van der Waals surface area (Å²) in [7, 11) is 3.41. The molecule has 1 heterocycles. The van der Waals surface area contributed by atoms with Gasteiger partial charge >= 0.3 is 5.69 Å². The van der Waals surface area contributed by atoms with Crippen LogP contribution in [0.3, 0.4) is 0 Å². The smallest absolute Gasteiger partial charge is 0.332 e. The van der Waals surface area contributed by atoms with Crippen molar-refractivity contribution in [1.82, 2.24) is 9.97 Å². The van der Waals surface area contributed by atoms with E-state index in [2.05, 4.69) is 15.3 Å². The molecule has 0 spiro atoms. The van der Waals surface area contributed by atoms with E-state index in [9.17, 15) is 10.1 Å². The van der Waals surface area contributed by atoms with Gasteiger partial charge in [0.15, 0.2) is 0 Å². The fraction of sp³-hybridized carbons (Fsp3) is 0.636. The van der Waals surface area contributed by atoms with Gasteiger partial charge in [0, 0.05) is 27.2 Å². The molecule has 8 heteroatoms. The number of rotatable bonds is 7. The largest absolute Gasteiger partial charge is 0.380 e. The van der Waals surface area contributed by atoms with Crippen LogP contribution in [0.1, 0.15) is 12.6 Å². The number of likely N-dealkylation sites (N-methyl/N-ethyl adjacent to an activating group) is 1. The highest BCUT2D eigenvalue weighted by molar-refractivity contribution is 5.62. The van der Waals surface area contributed by atoms with Crippen molar-refractivity contribution < 1.29 is 9.66 Å². The second kappa shape index (κ2) is 6.83. The van der Waals surface area contributed by atoms with Crippen LogP contribution in [0, 0.1) is 17.0 Å². The van der Waals surface area contributed by atoms with E-state index in [1.165, 1.54) is 0 Å². The van der Waals surface area contributed by atoms with E-state index in [4.69, 9.17) is 4.74 Å². The van der Waals surface area contributed by atoms with E-state index < -0.39 is 4.92 Å². The maximum Gasteiger partial charge on any atom is 0.332 e. The highest BCUT2D eigenvalue weighted by Gasteiger charge is 2.24. The third-order valence-corrected chi connectivity index (χ3v) is 2.58. The van der Waals surface area contributed by atoms with E-state index in [-0.39, 0.29) is 5.69 Å². The van der Waals surface area contributed by atoms with E-state index in [0.29, 0.717) is 37.2 Å². The van der Waals surface area contributed by atoms with Gasteiger partial charge in [0.2, 0.25) is 11.8 Å². The van der Waals surface area contributed by atoms with Crippen LogP contribution in [0.5, 0.6) is 0 Å². The van der Waals surface area contributed by atoms with Gasteiger partial charge in [-0.1, -0.05) is 0 Å². The lowest BCUT2D eigenvalue weighted by atomic mass is 10.3. The Hall–Kier alpha value is -1.96. The predicted molar refractivity (Wildman–Crippen MR) is 72.7 cm³/mol. The van der Waals surface area contributed by atoms with Crippen LogP contribution in [0.15, 0.2) is 0 Å². The zero-order chi connectivity index (χ0) is 14.4. The lowest BCUT2D eigenvalue weighted by Crippen LogP contribution is -2.25. The minimum absolute atomic E-state index is 0.0713. The maximum absolute atomic E-state index is 11.1. The molecule has 0 amide bonds. The Labute approximate surface area is 112 Å². The molecule has 0 unspecified atom stereocenters. The molecule has 19 heavy (non-hydrogen) atoms. The fourth-order valence-electron chi connectivity index (χ4n) is 1.60. The zero-order valence-electron chi connectivity index (χ0n) is 11.6. The first-order valence-corrected chi connectivity index (χ1v) is 6.00. The first-order chi connectivity index (χ1) is 9.01. The van der Waals surface area contributed by atoms with Gasteiger partial charge in [-0.05, 0) is 13.8 Å². The standard InChI is InChI=1S/C11H19N5O3/c1-5-19-7-6-15(4)10-9(16(17)18)8(2)13-11(12-3)14-10/h5-7H2,1-4H3,(H,12,13,14). The number of nitrogens with zero attached hydrogens (tertiary/aromatic N) is 4. The number of nitrogens with one attached hydrogen (secondary N) is 1. The molecule has 0 saturated carbocycles. The molecule has 106 valence electrons. The molecule has 1 aromatic heterocycles. The quantitative estimate of drug-likeness (QED) is 0.451. The average molecular weight is 269 g/mol. The number of aromatic nitrogens is 2. The van der Waals surface area contributed by atoms with Crippen molar-refractivity contribution in [3.05, 3.63) is 15.8 Å². The number of ether oxygens (including phenoxy) is 1. The molecule has 1 aromatic rings. The van der Waals surface area contributed by atoms with Gasteiger partial charge in [-0.2, -0.15) is 4.98 Å². The monoisotopic (exact) mass is 269 g/mol. The molecule has 0 fully saturated rings. The Bertz CT molecular complexity index is 452. The van der Waals surface area contributed by atoms with Crippen molar-refractivity contribution in [3.8, 4) is 0 Å². The predicted octanol–water partition coefficient (Wildman–Crippen LogP) is 1.21. The number of nitro groups is 1. The minimum atomic E-state index is -0.457. The number of aryl methyl sites for hydroxylation is 1. The molecule has 0 radical (unpaired) electrons. The van der Waals surface area contributed by atoms with Gasteiger partial charge in [-0.25, -0.2) is 4.98 Å². The molecule has 0 atom stereocenters. The fourth-order valence-corrected chi connectivity index (χ4v) is 1.60. The van der Waals surface area contributed by atoms with Gasteiger partial charge < -0.3 is 15.0 Å².